The Morgan fingerprint density at radius 1 is 1.00 bits per heavy atom. The Morgan fingerprint density at radius 3 is 2.54 bits per heavy atom. The first kappa shape index (κ1) is 40.5. The molecule has 3 fully saturated rings. The number of ether oxygens (including phenoxy) is 2. The minimum atomic E-state index is -3.96. The van der Waals surface area contributed by atoms with Gasteiger partial charge in [0.1, 0.15) is 29.5 Å². The fourth-order valence-electron chi connectivity index (χ4n) is 8.65. The number of Topliss-reactive ketones (excluding diaryl/α,β-unsaturated/α-hetero) is 1. The van der Waals surface area contributed by atoms with E-state index in [1.807, 2.05) is 66.7 Å². The molecular formula is C46H51FN4O7S. The van der Waals surface area contributed by atoms with Crippen molar-refractivity contribution >= 4 is 44.2 Å². The molecule has 11 nitrogen and oxygen atoms in total. The predicted octanol–water partition coefficient (Wildman–Crippen LogP) is 7.67. The number of pyridine rings is 1. The first-order valence-electron chi connectivity index (χ1n) is 20.6. The van der Waals surface area contributed by atoms with E-state index in [4.69, 9.17) is 14.5 Å². The number of fused-ring (bicyclic) bond motifs is 3. The minimum Gasteiger partial charge on any atom is -0.497 e. The van der Waals surface area contributed by atoms with Gasteiger partial charge in [-0.05, 0) is 94.2 Å². The monoisotopic (exact) mass is 822 g/mol. The number of benzene rings is 3. The quantitative estimate of drug-likeness (QED) is 0.163. The molecular weight excluding hydrogens is 772 g/mol. The summed E-state index contributed by atoms with van der Waals surface area (Å²) in [6.07, 6.45) is 8.05. The van der Waals surface area contributed by atoms with Crippen LogP contribution in [-0.4, -0.2) is 72.5 Å². The summed E-state index contributed by atoms with van der Waals surface area (Å²) in [6, 6.07) is 19.9. The molecule has 0 unspecified atom stereocenters. The minimum absolute atomic E-state index is 0.0749. The van der Waals surface area contributed by atoms with Crippen molar-refractivity contribution in [1.82, 2.24) is 14.6 Å². The third-order valence-corrected chi connectivity index (χ3v) is 14.7. The van der Waals surface area contributed by atoms with E-state index in [0.717, 1.165) is 30.2 Å². The second kappa shape index (κ2) is 16.0. The maximum Gasteiger partial charge on any atom is 0.245 e. The lowest BCUT2D eigenvalue weighted by atomic mass is 9.91. The Kier molecular flexibility index (Phi) is 11.0. The van der Waals surface area contributed by atoms with Gasteiger partial charge in [-0.1, -0.05) is 55.3 Å². The number of aromatic nitrogens is 1. The number of hydrogen-bond donors (Lipinski definition) is 2. The molecule has 2 aliphatic carbocycles. The van der Waals surface area contributed by atoms with Crippen LogP contribution >= 0.6 is 0 Å². The topological polar surface area (TPSA) is 144 Å². The fraction of sp³-hybridized carbons (Fsp3) is 0.435. The van der Waals surface area contributed by atoms with Crippen molar-refractivity contribution in [1.29, 1.82) is 0 Å². The second-order valence-corrected chi connectivity index (χ2v) is 19.2. The molecule has 13 heteroatoms. The number of hydrogen-bond acceptors (Lipinski definition) is 9. The number of methoxy groups -OCH3 is 1. The first-order valence-corrected chi connectivity index (χ1v) is 22.1. The normalized spacial score (nSPS) is 26.1. The summed E-state index contributed by atoms with van der Waals surface area (Å²) < 4.78 is 54.8. The molecule has 3 heterocycles. The number of anilines is 1. The number of carbonyl (C=O) groups excluding carboxylic acids is 3. The van der Waals surface area contributed by atoms with E-state index in [1.54, 1.807) is 31.9 Å². The summed E-state index contributed by atoms with van der Waals surface area (Å²) in [4.78, 5) is 50.2. The first-order chi connectivity index (χ1) is 28.3. The van der Waals surface area contributed by atoms with E-state index < -0.39 is 50.1 Å². The summed E-state index contributed by atoms with van der Waals surface area (Å²) in [5, 5.41) is 4.02. The van der Waals surface area contributed by atoms with Crippen molar-refractivity contribution in [2.45, 2.75) is 101 Å². The number of halogens is 1. The van der Waals surface area contributed by atoms with Crippen molar-refractivity contribution in [2.75, 3.05) is 19.0 Å². The van der Waals surface area contributed by atoms with Crippen LogP contribution in [0.5, 0.6) is 11.5 Å². The Bertz CT molecular complexity index is 2400. The summed E-state index contributed by atoms with van der Waals surface area (Å²) in [7, 11) is -2.37. The van der Waals surface area contributed by atoms with E-state index in [9.17, 15) is 27.2 Å². The molecule has 4 aliphatic rings. The molecule has 8 rings (SSSR count). The number of rotatable bonds is 9. The molecule has 0 radical (unpaired) electrons. The Labute approximate surface area is 344 Å². The van der Waals surface area contributed by atoms with Crippen LogP contribution in [-0.2, 0) is 24.4 Å². The predicted molar refractivity (Wildman–Crippen MR) is 224 cm³/mol. The van der Waals surface area contributed by atoms with Gasteiger partial charge in [0.2, 0.25) is 21.8 Å². The second-order valence-electron chi connectivity index (χ2n) is 17.0. The van der Waals surface area contributed by atoms with Gasteiger partial charge in [-0.25, -0.2) is 17.8 Å². The zero-order valence-electron chi connectivity index (χ0n) is 33.7. The van der Waals surface area contributed by atoms with Crippen molar-refractivity contribution in [3.05, 3.63) is 96.3 Å². The van der Waals surface area contributed by atoms with Crippen LogP contribution < -0.4 is 19.5 Å². The fourth-order valence-corrected chi connectivity index (χ4v) is 9.98. The molecule has 59 heavy (non-hydrogen) atoms. The molecule has 2 N–H and O–H groups in total. The van der Waals surface area contributed by atoms with Crippen LogP contribution in [0.2, 0.25) is 0 Å². The molecule has 2 saturated carbocycles. The van der Waals surface area contributed by atoms with Crippen LogP contribution in [0.3, 0.4) is 0 Å². The third-order valence-electron chi connectivity index (χ3n) is 12.6. The van der Waals surface area contributed by atoms with Gasteiger partial charge in [0.15, 0.2) is 5.78 Å². The lowest BCUT2D eigenvalue weighted by molar-refractivity contribution is -0.139. The molecule has 1 aromatic heterocycles. The number of ketones is 1. The lowest BCUT2D eigenvalue weighted by Crippen LogP contribution is -2.49. The highest BCUT2D eigenvalue weighted by atomic mass is 32.2. The number of aryl methyl sites for hydroxylation is 1. The highest BCUT2D eigenvalue weighted by molar-refractivity contribution is 7.91. The zero-order valence-corrected chi connectivity index (χ0v) is 34.5. The number of carbonyl (C=O) groups is 3. The van der Waals surface area contributed by atoms with Crippen molar-refractivity contribution in [2.24, 2.45) is 11.3 Å². The summed E-state index contributed by atoms with van der Waals surface area (Å²) in [6.45, 7) is 3.48. The van der Waals surface area contributed by atoms with Gasteiger partial charge >= 0.3 is 0 Å². The molecule has 2 amide bonds. The number of sulfonamides is 1. The molecule has 4 aromatic rings. The molecule has 5 atom stereocenters. The van der Waals surface area contributed by atoms with Gasteiger partial charge in [-0.2, -0.15) is 0 Å². The van der Waals surface area contributed by atoms with Crippen LogP contribution in [0.1, 0.15) is 76.7 Å². The van der Waals surface area contributed by atoms with Gasteiger partial charge in [-0.15, -0.1) is 0 Å². The van der Waals surface area contributed by atoms with Crippen molar-refractivity contribution < 1.29 is 36.7 Å². The van der Waals surface area contributed by atoms with Gasteiger partial charge in [0.25, 0.3) is 0 Å². The van der Waals surface area contributed by atoms with E-state index in [2.05, 4.69) is 10.0 Å². The smallest absolute Gasteiger partial charge is 0.245 e. The van der Waals surface area contributed by atoms with E-state index in [0.29, 0.717) is 66.1 Å². The van der Waals surface area contributed by atoms with E-state index >= 15 is 0 Å². The van der Waals surface area contributed by atoms with Crippen LogP contribution in [0.4, 0.5) is 10.1 Å². The van der Waals surface area contributed by atoms with Crippen LogP contribution in [0, 0.1) is 24.1 Å². The van der Waals surface area contributed by atoms with E-state index in [1.165, 1.54) is 12.1 Å². The van der Waals surface area contributed by atoms with Gasteiger partial charge in [0, 0.05) is 41.6 Å². The molecule has 3 aromatic carbocycles. The van der Waals surface area contributed by atoms with Gasteiger partial charge in [0.05, 0.1) is 41.1 Å². The number of allylic oxidation sites excluding steroid dienone is 2. The average molecular weight is 823 g/mol. The van der Waals surface area contributed by atoms with Crippen LogP contribution in [0.15, 0.2) is 84.9 Å². The molecule has 0 bridgehead atoms. The van der Waals surface area contributed by atoms with E-state index in [-0.39, 0.29) is 37.0 Å². The standard InChI is InChI=1S/C46H51FN4O7S/c1-29-20-32(47)22-33(21-29)48-37-15-11-6-4-5-10-14-31-26-46(31,44(54)50-59(55,56)45(2)18-19-45)27-41(52)40-24-35(28-51(40)43(37)53)58-42-25-38(30-12-8-7-9-13-30)49-39-23-34(57-3)16-17-36(39)42/h7-10,12-14,16-17,20-23,25,31,35,37,40,48H,4-6,11,15,18-19,24,26-28H2,1-3H3,(H,50,54)/b14-10-/t31-,35-,37+,40+,46-/m1/s1. The average Bonchev–Trinajstić information content (AvgIpc) is 4.09. The highest BCUT2D eigenvalue weighted by Crippen LogP contribution is 2.57. The SMILES string of the molecule is COc1ccc2c(O[C@@H]3C[C@H]4C(=O)C[C@]5(C(=O)NS(=O)(=O)C6(C)CC6)C[C@H]5/C=C\CCCCC[C@H](Nc5cc(C)cc(F)c5)C(=O)N4C3)cc(-c3ccccc3)nc2c1. The maximum absolute atomic E-state index is 14.9. The number of nitrogens with one attached hydrogen (secondary N) is 2. The number of nitrogens with zero attached hydrogens (tertiary/aromatic N) is 2. The molecule has 1 saturated heterocycles. The summed E-state index contributed by atoms with van der Waals surface area (Å²) in [5.74, 6) is -0.932. The van der Waals surface area contributed by atoms with Crippen molar-refractivity contribution in [3.63, 3.8) is 0 Å². The number of amides is 2. The van der Waals surface area contributed by atoms with Crippen LogP contribution in [0.25, 0.3) is 22.2 Å². The van der Waals surface area contributed by atoms with Crippen molar-refractivity contribution in [3.8, 4) is 22.8 Å². The van der Waals surface area contributed by atoms with Gasteiger partial charge in [-0.3, -0.25) is 19.1 Å². The lowest BCUT2D eigenvalue weighted by Gasteiger charge is -2.30. The molecule has 310 valence electrons. The van der Waals surface area contributed by atoms with Gasteiger partial charge < -0.3 is 19.7 Å². The highest BCUT2D eigenvalue weighted by Gasteiger charge is 2.62. The molecule has 0 spiro atoms. The summed E-state index contributed by atoms with van der Waals surface area (Å²) >= 11 is 0. The Hall–Kier alpha value is -5.30. The Balaban J connectivity index is 1.15. The Morgan fingerprint density at radius 2 is 1.80 bits per heavy atom. The largest absolute Gasteiger partial charge is 0.497 e. The molecule has 2 aliphatic heterocycles. The zero-order chi connectivity index (χ0) is 41.5. The summed E-state index contributed by atoms with van der Waals surface area (Å²) in [5.41, 5.74) is 2.09. The third kappa shape index (κ3) is 8.44. The maximum atomic E-state index is 14.9.